The quantitative estimate of drug-likeness (QED) is 0.733. The lowest BCUT2D eigenvalue weighted by atomic mass is 10.2. The number of hydrogen-bond donors (Lipinski definition) is 1. The van der Waals surface area contributed by atoms with E-state index in [-0.39, 0.29) is 0 Å². The Morgan fingerprint density at radius 1 is 1.45 bits per heavy atom. The van der Waals surface area contributed by atoms with Crippen LogP contribution in [0, 0.1) is 6.92 Å². The Balaban J connectivity index is 3.21. The van der Waals surface area contributed by atoms with Crippen molar-refractivity contribution in [2.45, 2.75) is 11.8 Å². The van der Waals surface area contributed by atoms with Crippen LogP contribution in [0.3, 0.4) is 0 Å². The maximum atomic E-state index is 5.06. The van der Waals surface area contributed by atoms with Gasteiger partial charge in [0.2, 0.25) is 0 Å². The van der Waals surface area contributed by atoms with Gasteiger partial charge in [-0.3, -0.25) is 0 Å². The van der Waals surface area contributed by atoms with Gasteiger partial charge >= 0.3 is 0 Å². The van der Waals surface area contributed by atoms with E-state index in [0.29, 0.717) is 0 Å². The number of rotatable bonds is 1. The predicted octanol–water partition coefficient (Wildman–Crippen LogP) is 3.05. The second-order valence-corrected chi connectivity index (χ2v) is 3.55. The SMILES string of the molecule is COc1cc(C)c(Br)c(S)c1. The van der Waals surface area contributed by atoms with Crippen LogP contribution in [0.4, 0.5) is 0 Å². The van der Waals surface area contributed by atoms with Crippen LogP contribution in [-0.2, 0) is 0 Å². The minimum absolute atomic E-state index is 0.843. The van der Waals surface area contributed by atoms with E-state index in [9.17, 15) is 0 Å². The Kier molecular flexibility index (Phi) is 2.84. The molecule has 0 bridgehead atoms. The van der Waals surface area contributed by atoms with Crippen molar-refractivity contribution in [2.24, 2.45) is 0 Å². The van der Waals surface area contributed by atoms with E-state index in [1.54, 1.807) is 7.11 Å². The molecule has 1 rings (SSSR count). The summed E-state index contributed by atoms with van der Waals surface area (Å²) in [6, 6.07) is 3.84. The molecule has 0 atom stereocenters. The summed E-state index contributed by atoms with van der Waals surface area (Å²) in [6.07, 6.45) is 0. The summed E-state index contributed by atoms with van der Waals surface area (Å²) in [7, 11) is 1.65. The van der Waals surface area contributed by atoms with Crippen molar-refractivity contribution in [3.8, 4) is 5.75 Å². The number of aryl methyl sites for hydroxylation is 1. The Morgan fingerprint density at radius 2 is 2.09 bits per heavy atom. The molecule has 0 unspecified atom stereocenters. The molecule has 0 radical (unpaired) electrons. The van der Waals surface area contributed by atoms with E-state index in [4.69, 9.17) is 4.74 Å². The van der Waals surface area contributed by atoms with E-state index < -0.39 is 0 Å². The molecule has 0 heterocycles. The van der Waals surface area contributed by atoms with Gasteiger partial charge in [0.1, 0.15) is 5.75 Å². The molecule has 0 spiro atoms. The molecule has 0 N–H and O–H groups in total. The van der Waals surface area contributed by atoms with Gasteiger partial charge in [-0.2, -0.15) is 0 Å². The van der Waals surface area contributed by atoms with Crippen LogP contribution in [0.2, 0.25) is 0 Å². The van der Waals surface area contributed by atoms with Crippen LogP contribution in [0.1, 0.15) is 5.56 Å². The highest BCUT2D eigenvalue weighted by Gasteiger charge is 2.01. The van der Waals surface area contributed by atoms with Crippen molar-refractivity contribution >= 4 is 28.6 Å². The Bertz CT molecular complexity index is 250. The zero-order chi connectivity index (χ0) is 8.43. The lowest BCUT2D eigenvalue weighted by Gasteiger charge is -2.05. The highest BCUT2D eigenvalue weighted by molar-refractivity contribution is 9.10. The first-order valence-corrected chi connectivity index (χ1v) is 4.42. The van der Waals surface area contributed by atoms with Crippen LogP contribution >= 0.6 is 28.6 Å². The Morgan fingerprint density at radius 3 is 2.55 bits per heavy atom. The maximum Gasteiger partial charge on any atom is 0.120 e. The number of halogens is 1. The van der Waals surface area contributed by atoms with Gasteiger partial charge < -0.3 is 4.74 Å². The van der Waals surface area contributed by atoms with Crippen LogP contribution in [-0.4, -0.2) is 7.11 Å². The first-order valence-electron chi connectivity index (χ1n) is 3.18. The monoisotopic (exact) mass is 232 g/mol. The molecule has 1 nitrogen and oxygen atoms in total. The summed E-state index contributed by atoms with van der Waals surface area (Å²) in [6.45, 7) is 2.01. The molecule has 0 saturated carbocycles. The van der Waals surface area contributed by atoms with Gasteiger partial charge in [0.15, 0.2) is 0 Å². The number of benzene rings is 1. The van der Waals surface area contributed by atoms with Crippen LogP contribution < -0.4 is 4.74 Å². The van der Waals surface area contributed by atoms with Gasteiger partial charge in [-0.1, -0.05) is 0 Å². The fraction of sp³-hybridized carbons (Fsp3) is 0.250. The molecule has 0 aliphatic heterocycles. The summed E-state index contributed by atoms with van der Waals surface area (Å²) in [4.78, 5) is 0.904. The molecule has 60 valence electrons. The van der Waals surface area contributed by atoms with Crippen LogP contribution in [0.5, 0.6) is 5.75 Å². The number of ether oxygens (including phenoxy) is 1. The number of thiol groups is 1. The third-order valence-electron chi connectivity index (χ3n) is 1.44. The first kappa shape index (κ1) is 8.94. The van der Waals surface area contributed by atoms with Gasteiger partial charge in [-0.25, -0.2) is 0 Å². The average molecular weight is 233 g/mol. The fourth-order valence-corrected chi connectivity index (χ4v) is 1.37. The topological polar surface area (TPSA) is 9.23 Å². The fourth-order valence-electron chi connectivity index (χ4n) is 0.836. The van der Waals surface area contributed by atoms with E-state index in [0.717, 1.165) is 20.7 Å². The molecule has 0 aliphatic carbocycles. The van der Waals surface area contributed by atoms with Gasteiger partial charge in [-0.15, -0.1) is 12.6 Å². The van der Waals surface area contributed by atoms with E-state index >= 15 is 0 Å². The third kappa shape index (κ3) is 1.91. The molecule has 0 saturated heterocycles. The Hall–Kier alpha value is -0.150. The lowest BCUT2D eigenvalue weighted by molar-refractivity contribution is 0.413. The van der Waals surface area contributed by atoms with Crippen LogP contribution in [0.15, 0.2) is 21.5 Å². The Labute approximate surface area is 80.3 Å². The average Bonchev–Trinajstić information content (AvgIpc) is 1.99. The smallest absolute Gasteiger partial charge is 0.120 e. The minimum atomic E-state index is 0.843. The largest absolute Gasteiger partial charge is 0.497 e. The molecule has 1 aromatic carbocycles. The zero-order valence-corrected chi connectivity index (χ0v) is 8.87. The summed E-state index contributed by atoms with van der Waals surface area (Å²) < 4.78 is 6.09. The van der Waals surface area contributed by atoms with Gasteiger partial charge in [-0.05, 0) is 40.5 Å². The van der Waals surface area contributed by atoms with Crippen LogP contribution in [0.25, 0.3) is 0 Å². The van der Waals surface area contributed by atoms with E-state index in [1.165, 1.54) is 0 Å². The second kappa shape index (κ2) is 3.50. The molecule has 0 fully saturated rings. The first-order chi connectivity index (χ1) is 5.15. The van der Waals surface area contributed by atoms with Crippen molar-refractivity contribution < 1.29 is 4.74 Å². The van der Waals surface area contributed by atoms with Crippen molar-refractivity contribution in [1.82, 2.24) is 0 Å². The summed E-state index contributed by atoms with van der Waals surface area (Å²) >= 11 is 7.67. The highest BCUT2D eigenvalue weighted by Crippen LogP contribution is 2.29. The molecule has 3 heteroatoms. The normalized spacial score (nSPS) is 9.82. The zero-order valence-electron chi connectivity index (χ0n) is 6.39. The lowest BCUT2D eigenvalue weighted by Crippen LogP contribution is -1.85. The molecule has 11 heavy (non-hydrogen) atoms. The van der Waals surface area contributed by atoms with Gasteiger partial charge in [0.25, 0.3) is 0 Å². The van der Waals surface area contributed by atoms with Crippen molar-refractivity contribution in [2.75, 3.05) is 7.11 Å². The molecule has 0 aromatic heterocycles. The summed E-state index contributed by atoms with van der Waals surface area (Å²) in [5.74, 6) is 0.843. The number of hydrogen-bond acceptors (Lipinski definition) is 2. The van der Waals surface area contributed by atoms with Crippen molar-refractivity contribution in [3.05, 3.63) is 22.2 Å². The van der Waals surface area contributed by atoms with E-state index in [1.807, 2.05) is 19.1 Å². The van der Waals surface area contributed by atoms with Crippen molar-refractivity contribution in [1.29, 1.82) is 0 Å². The number of methoxy groups -OCH3 is 1. The van der Waals surface area contributed by atoms with Gasteiger partial charge in [0, 0.05) is 9.37 Å². The van der Waals surface area contributed by atoms with Crippen molar-refractivity contribution in [3.63, 3.8) is 0 Å². The molecule has 0 aliphatic rings. The summed E-state index contributed by atoms with van der Waals surface area (Å²) in [5, 5.41) is 0. The maximum absolute atomic E-state index is 5.06. The molecular weight excluding hydrogens is 224 g/mol. The molecular formula is C8H9BrOS. The summed E-state index contributed by atoms with van der Waals surface area (Å²) in [5.41, 5.74) is 1.13. The molecule has 0 amide bonds. The standard InChI is InChI=1S/C8H9BrOS/c1-5-3-6(10-2)4-7(11)8(5)9/h3-4,11H,1-2H3. The predicted molar refractivity (Wildman–Crippen MR) is 52.7 cm³/mol. The van der Waals surface area contributed by atoms with Gasteiger partial charge in [0.05, 0.1) is 7.11 Å². The molecule has 1 aromatic rings. The third-order valence-corrected chi connectivity index (χ3v) is 3.16. The minimum Gasteiger partial charge on any atom is -0.497 e. The van der Waals surface area contributed by atoms with E-state index in [2.05, 4.69) is 28.6 Å². The second-order valence-electron chi connectivity index (χ2n) is 2.28. The highest BCUT2D eigenvalue weighted by atomic mass is 79.9.